The lowest BCUT2D eigenvalue weighted by Gasteiger charge is -2.35. The number of methoxy groups -OCH3 is 1. The molecule has 0 aromatic heterocycles. The van der Waals surface area contributed by atoms with E-state index in [0.29, 0.717) is 31.2 Å². The standard InChI is InChI=1S/C17H18ClFN2O3S/c1-24-16-7-4-14(19)12-17(16)25(22,23)21-10-8-20(9-11-21)15-5-2-13(18)3-6-15/h2-7,12H,8-11H2,1H3. The Morgan fingerprint density at radius 3 is 2.28 bits per heavy atom. The Balaban J connectivity index is 1.78. The molecule has 0 aliphatic carbocycles. The highest BCUT2D eigenvalue weighted by Crippen LogP contribution is 2.29. The third-order valence-corrected chi connectivity index (χ3v) is 6.35. The molecule has 0 unspecified atom stereocenters. The summed E-state index contributed by atoms with van der Waals surface area (Å²) in [7, 11) is -2.45. The van der Waals surface area contributed by atoms with Crippen molar-refractivity contribution in [2.45, 2.75) is 4.90 Å². The normalized spacial score (nSPS) is 16.0. The first-order valence-corrected chi connectivity index (χ1v) is 9.58. The van der Waals surface area contributed by atoms with E-state index in [0.717, 1.165) is 11.8 Å². The number of hydrogen-bond donors (Lipinski definition) is 0. The molecule has 25 heavy (non-hydrogen) atoms. The minimum absolute atomic E-state index is 0.140. The summed E-state index contributed by atoms with van der Waals surface area (Å²) in [4.78, 5) is 1.94. The van der Waals surface area contributed by atoms with E-state index >= 15 is 0 Å². The zero-order chi connectivity index (χ0) is 18.0. The number of halogens is 2. The second kappa shape index (κ2) is 7.19. The molecule has 8 heteroatoms. The fourth-order valence-corrected chi connectivity index (χ4v) is 4.55. The van der Waals surface area contributed by atoms with E-state index in [1.807, 2.05) is 12.1 Å². The monoisotopic (exact) mass is 384 g/mol. The second-order valence-corrected chi connectivity index (χ2v) is 8.01. The predicted octanol–water partition coefficient (Wildman–Crippen LogP) is 3.00. The predicted molar refractivity (Wildman–Crippen MR) is 95.4 cm³/mol. The molecule has 1 aliphatic rings. The van der Waals surface area contributed by atoms with Gasteiger partial charge in [-0.15, -0.1) is 0 Å². The number of nitrogens with zero attached hydrogens (tertiary/aromatic N) is 2. The molecule has 0 bridgehead atoms. The summed E-state index contributed by atoms with van der Waals surface area (Å²) < 4.78 is 45.7. The van der Waals surface area contributed by atoms with Gasteiger partial charge < -0.3 is 9.64 Å². The molecule has 0 amide bonds. The van der Waals surface area contributed by atoms with Gasteiger partial charge in [-0.2, -0.15) is 4.31 Å². The molecule has 3 rings (SSSR count). The highest BCUT2D eigenvalue weighted by molar-refractivity contribution is 7.89. The Hall–Kier alpha value is -1.83. The quantitative estimate of drug-likeness (QED) is 0.813. The van der Waals surface area contributed by atoms with Gasteiger partial charge in [-0.05, 0) is 42.5 Å². The van der Waals surface area contributed by atoms with E-state index in [9.17, 15) is 12.8 Å². The van der Waals surface area contributed by atoms with Gasteiger partial charge in [-0.1, -0.05) is 11.6 Å². The van der Waals surface area contributed by atoms with Gasteiger partial charge in [0.25, 0.3) is 0 Å². The lowest BCUT2D eigenvalue weighted by Crippen LogP contribution is -2.48. The molecule has 0 atom stereocenters. The van der Waals surface area contributed by atoms with Crippen molar-refractivity contribution >= 4 is 27.3 Å². The summed E-state index contributed by atoms with van der Waals surface area (Å²) >= 11 is 5.89. The SMILES string of the molecule is COc1ccc(F)cc1S(=O)(=O)N1CCN(c2ccc(Cl)cc2)CC1. The van der Waals surface area contributed by atoms with Gasteiger partial charge in [0.2, 0.25) is 10.0 Å². The van der Waals surface area contributed by atoms with Crippen LogP contribution < -0.4 is 9.64 Å². The molecular formula is C17H18ClFN2O3S. The molecule has 2 aromatic carbocycles. The summed E-state index contributed by atoms with van der Waals surface area (Å²) in [6, 6.07) is 10.9. The van der Waals surface area contributed by atoms with Crippen molar-refractivity contribution in [2.75, 3.05) is 38.2 Å². The van der Waals surface area contributed by atoms with Gasteiger partial charge >= 0.3 is 0 Å². The number of sulfonamides is 1. The van der Waals surface area contributed by atoms with Crippen LogP contribution in [0.2, 0.25) is 5.02 Å². The molecule has 0 N–H and O–H groups in total. The van der Waals surface area contributed by atoms with Crippen molar-refractivity contribution in [3.63, 3.8) is 0 Å². The lowest BCUT2D eigenvalue weighted by molar-refractivity contribution is 0.373. The molecule has 0 radical (unpaired) electrons. The van der Waals surface area contributed by atoms with E-state index in [4.69, 9.17) is 16.3 Å². The fraction of sp³-hybridized carbons (Fsp3) is 0.294. The maximum atomic E-state index is 13.5. The zero-order valence-electron chi connectivity index (χ0n) is 13.7. The molecule has 1 fully saturated rings. The molecule has 0 spiro atoms. The van der Waals surface area contributed by atoms with E-state index < -0.39 is 15.8 Å². The lowest BCUT2D eigenvalue weighted by atomic mass is 10.2. The molecule has 1 saturated heterocycles. The topological polar surface area (TPSA) is 49.9 Å². The summed E-state index contributed by atoms with van der Waals surface area (Å²) in [5, 5.41) is 0.656. The number of anilines is 1. The Morgan fingerprint density at radius 2 is 1.68 bits per heavy atom. The third kappa shape index (κ3) is 3.73. The van der Waals surface area contributed by atoms with E-state index in [1.165, 1.54) is 23.5 Å². The van der Waals surface area contributed by atoms with E-state index in [-0.39, 0.29) is 10.6 Å². The fourth-order valence-electron chi connectivity index (χ4n) is 2.83. The Morgan fingerprint density at radius 1 is 1.04 bits per heavy atom. The maximum Gasteiger partial charge on any atom is 0.246 e. The summed E-state index contributed by atoms with van der Waals surface area (Å²) in [6.07, 6.45) is 0. The van der Waals surface area contributed by atoms with Crippen LogP contribution in [0.5, 0.6) is 5.75 Å². The molecule has 1 aliphatic heterocycles. The number of benzene rings is 2. The van der Waals surface area contributed by atoms with Gasteiger partial charge in [0, 0.05) is 36.9 Å². The highest BCUT2D eigenvalue weighted by Gasteiger charge is 2.31. The molecule has 5 nitrogen and oxygen atoms in total. The van der Waals surface area contributed by atoms with Crippen molar-refractivity contribution < 1.29 is 17.5 Å². The Labute approximate surface area is 151 Å². The van der Waals surface area contributed by atoms with Crippen molar-refractivity contribution in [1.82, 2.24) is 4.31 Å². The van der Waals surface area contributed by atoms with Gasteiger partial charge in [-0.25, -0.2) is 12.8 Å². The summed E-state index contributed by atoms with van der Waals surface area (Å²) in [5.74, 6) is -0.472. The first-order chi connectivity index (χ1) is 11.9. The van der Waals surface area contributed by atoms with Crippen LogP contribution in [0.25, 0.3) is 0 Å². The minimum atomic E-state index is -3.82. The van der Waals surface area contributed by atoms with Crippen molar-refractivity contribution in [3.05, 3.63) is 53.3 Å². The smallest absolute Gasteiger partial charge is 0.246 e. The summed E-state index contributed by atoms with van der Waals surface area (Å²) in [5.41, 5.74) is 0.991. The van der Waals surface area contributed by atoms with Crippen LogP contribution in [-0.4, -0.2) is 46.0 Å². The first-order valence-electron chi connectivity index (χ1n) is 7.76. The van der Waals surface area contributed by atoms with Crippen LogP contribution in [0.1, 0.15) is 0 Å². The summed E-state index contributed by atoms with van der Waals surface area (Å²) in [6.45, 7) is 1.70. The Bertz CT molecular complexity index is 851. The van der Waals surface area contributed by atoms with Crippen molar-refractivity contribution in [1.29, 1.82) is 0 Å². The minimum Gasteiger partial charge on any atom is -0.495 e. The zero-order valence-corrected chi connectivity index (χ0v) is 15.2. The average molecular weight is 385 g/mol. The maximum absolute atomic E-state index is 13.5. The first kappa shape index (κ1) is 18.0. The largest absolute Gasteiger partial charge is 0.495 e. The highest BCUT2D eigenvalue weighted by atomic mass is 35.5. The van der Waals surface area contributed by atoms with Crippen LogP contribution in [0.15, 0.2) is 47.4 Å². The van der Waals surface area contributed by atoms with Crippen molar-refractivity contribution in [2.24, 2.45) is 0 Å². The van der Waals surface area contributed by atoms with E-state index in [1.54, 1.807) is 12.1 Å². The number of rotatable bonds is 4. The number of ether oxygens (including phenoxy) is 1. The second-order valence-electron chi connectivity index (χ2n) is 5.66. The van der Waals surface area contributed by atoms with Crippen LogP contribution in [-0.2, 0) is 10.0 Å². The molecular weight excluding hydrogens is 367 g/mol. The van der Waals surface area contributed by atoms with Gasteiger partial charge in [-0.3, -0.25) is 0 Å². The molecule has 134 valence electrons. The average Bonchev–Trinajstić information content (AvgIpc) is 2.62. The van der Waals surface area contributed by atoms with Crippen LogP contribution in [0.4, 0.5) is 10.1 Å². The van der Waals surface area contributed by atoms with Gasteiger partial charge in [0.1, 0.15) is 16.5 Å². The molecule has 2 aromatic rings. The molecule has 1 heterocycles. The van der Waals surface area contributed by atoms with E-state index in [2.05, 4.69) is 4.90 Å². The van der Waals surface area contributed by atoms with Crippen LogP contribution in [0, 0.1) is 5.82 Å². The number of piperazine rings is 1. The third-order valence-electron chi connectivity index (χ3n) is 4.17. The number of hydrogen-bond acceptors (Lipinski definition) is 4. The van der Waals surface area contributed by atoms with Crippen LogP contribution >= 0.6 is 11.6 Å². The molecule has 0 saturated carbocycles. The van der Waals surface area contributed by atoms with Gasteiger partial charge in [0.05, 0.1) is 7.11 Å². The van der Waals surface area contributed by atoms with Crippen LogP contribution in [0.3, 0.4) is 0 Å². The van der Waals surface area contributed by atoms with Crippen molar-refractivity contribution in [3.8, 4) is 5.75 Å². The van der Waals surface area contributed by atoms with Gasteiger partial charge in [0.15, 0.2) is 0 Å². The Kier molecular flexibility index (Phi) is 5.17.